The molecule has 2 aliphatic rings. The van der Waals surface area contributed by atoms with Gasteiger partial charge in [-0.3, -0.25) is 14.7 Å². The molecule has 0 saturated carbocycles. The Morgan fingerprint density at radius 3 is 2.50 bits per heavy atom. The van der Waals surface area contributed by atoms with E-state index in [1.165, 1.54) is 5.56 Å². The Labute approximate surface area is 210 Å². The molecule has 0 radical (unpaired) electrons. The number of hydrogen-bond acceptors (Lipinski definition) is 4. The predicted octanol–water partition coefficient (Wildman–Crippen LogP) is 2.84. The summed E-state index contributed by atoms with van der Waals surface area (Å²) in [7, 11) is 1.70. The number of piperazine rings is 1. The second-order valence-corrected chi connectivity index (χ2v) is 8.42. The Hall–Kier alpha value is -1.55. The van der Waals surface area contributed by atoms with Crippen LogP contribution < -0.4 is 10.1 Å². The van der Waals surface area contributed by atoms with Crippen molar-refractivity contribution in [1.82, 2.24) is 20.0 Å². The topological polar surface area (TPSA) is 60.4 Å². The number of benzene rings is 1. The molecule has 1 N–H and O–H groups in total. The Balaban J connectivity index is 0.00000363. The molecular formula is C24H40IN5O2. The van der Waals surface area contributed by atoms with Crippen molar-refractivity contribution in [3.63, 3.8) is 0 Å². The van der Waals surface area contributed by atoms with Gasteiger partial charge < -0.3 is 19.9 Å². The SMILES string of the molecule is CCNC(=NCCCc1cccc(OC)c1)N1CCN(C(C)C(=O)N2CCCC2)CC1.I. The molecule has 0 spiro atoms. The van der Waals surface area contributed by atoms with E-state index in [4.69, 9.17) is 9.73 Å². The van der Waals surface area contributed by atoms with Gasteiger partial charge in [0, 0.05) is 52.4 Å². The van der Waals surface area contributed by atoms with Crippen molar-refractivity contribution in [1.29, 1.82) is 0 Å². The maximum Gasteiger partial charge on any atom is 0.239 e. The minimum Gasteiger partial charge on any atom is -0.497 e. The minimum absolute atomic E-state index is 0. The van der Waals surface area contributed by atoms with E-state index in [0.717, 1.165) is 89.8 Å². The van der Waals surface area contributed by atoms with Crippen LogP contribution in [0.25, 0.3) is 0 Å². The number of ether oxygens (including phenoxy) is 1. The molecule has 1 atom stereocenters. The van der Waals surface area contributed by atoms with Gasteiger partial charge in [0.05, 0.1) is 13.2 Å². The number of hydrogen-bond donors (Lipinski definition) is 1. The summed E-state index contributed by atoms with van der Waals surface area (Å²) in [6, 6.07) is 8.23. The van der Waals surface area contributed by atoms with Crippen molar-refractivity contribution < 1.29 is 9.53 Å². The largest absolute Gasteiger partial charge is 0.497 e. The molecule has 180 valence electrons. The number of aliphatic imine (C=N–C) groups is 1. The van der Waals surface area contributed by atoms with Crippen LogP contribution in [0.15, 0.2) is 29.3 Å². The van der Waals surface area contributed by atoms with Crippen LogP contribution in [0, 0.1) is 0 Å². The van der Waals surface area contributed by atoms with Gasteiger partial charge in [-0.05, 0) is 57.2 Å². The first kappa shape index (κ1) is 26.7. The van der Waals surface area contributed by atoms with Crippen LogP contribution >= 0.6 is 24.0 Å². The van der Waals surface area contributed by atoms with E-state index >= 15 is 0 Å². The lowest BCUT2D eigenvalue weighted by atomic mass is 10.1. The van der Waals surface area contributed by atoms with Crippen molar-refractivity contribution in [3.05, 3.63) is 29.8 Å². The van der Waals surface area contributed by atoms with Crippen LogP contribution in [0.5, 0.6) is 5.75 Å². The maximum absolute atomic E-state index is 12.7. The van der Waals surface area contributed by atoms with Crippen molar-refractivity contribution in [2.24, 2.45) is 4.99 Å². The normalized spacial score (nSPS) is 18.3. The number of nitrogens with one attached hydrogen (secondary N) is 1. The zero-order valence-electron chi connectivity index (χ0n) is 19.9. The molecule has 1 unspecified atom stereocenters. The van der Waals surface area contributed by atoms with E-state index in [0.29, 0.717) is 5.91 Å². The van der Waals surface area contributed by atoms with E-state index in [9.17, 15) is 4.79 Å². The lowest BCUT2D eigenvalue weighted by molar-refractivity contribution is -0.135. The number of guanidine groups is 1. The van der Waals surface area contributed by atoms with E-state index in [1.54, 1.807) is 7.11 Å². The summed E-state index contributed by atoms with van der Waals surface area (Å²) >= 11 is 0. The van der Waals surface area contributed by atoms with Gasteiger partial charge in [-0.25, -0.2) is 0 Å². The molecule has 32 heavy (non-hydrogen) atoms. The van der Waals surface area contributed by atoms with Gasteiger partial charge in [0.15, 0.2) is 5.96 Å². The summed E-state index contributed by atoms with van der Waals surface area (Å²) in [6.07, 6.45) is 4.28. The first-order valence-corrected chi connectivity index (χ1v) is 11.8. The van der Waals surface area contributed by atoms with Gasteiger partial charge >= 0.3 is 0 Å². The summed E-state index contributed by atoms with van der Waals surface area (Å²) in [5.74, 6) is 2.19. The third-order valence-electron chi connectivity index (χ3n) is 6.29. The van der Waals surface area contributed by atoms with E-state index in [1.807, 2.05) is 17.0 Å². The molecule has 1 aromatic carbocycles. The molecule has 8 heteroatoms. The lowest BCUT2D eigenvalue weighted by Crippen LogP contribution is -2.57. The summed E-state index contributed by atoms with van der Waals surface area (Å²) in [5.41, 5.74) is 1.28. The third kappa shape index (κ3) is 7.50. The van der Waals surface area contributed by atoms with Crippen molar-refractivity contribution in [2.45, 2.75) is 45.6 Å². The molecule has 2 saturated heterocycles. The quantitative estimate of drug-likeness (QED) is 0.231. The predicted molar refractivity (Wildman–Crippen MR) is 141 cm³/mol. The molecule has 1 amide bonds. The van der Waals surface area contributed by atoms with Gasteiger partial charge in [-0.1, -0.05) is 12.1 Å². The number of methoxy groups -OCH3 is 1. The molecular weight excluding hydrogens is 517 g/mol. The van der Waals surface area contributed by atoms with E-state index in [-0.39, 0.29) is 30.0 Å². The number of rotatable bonds is 8. The molecule has 0 aromatic heterocycles. The fourth-order valence-electron chi connectivity index (χ4n) is 4.40. The highest BCUT2D eigenvalue weighted by Gasteiger charge is 2.30. The molecule has 0 bridgehead atoms. The Bertz CT molecular complexity index is 731. The van der Waals surface area contributed by atoms with E-state index in [2.05, 4.69) is 41.1 Å². The lowest BCUT2D eigenvalue weighted by Gasteiger charge is -2.39. The summed E-state index contributed by atoms with van der Waals surface area (Å²) in [6.45, 7) is 11.3. The second kappa shape index (κ2) is 13.9. The summed E-state index contributed by atoms with van der Waals surface area (Å²) in [4.78, 5) is 24.3. The van der Waals surface area contributed by atoms with Gasteiger partial charge in [-0.2, -0.15) is 0 Å². The van der Waals surface area contributed by atoms with Crippen LogP contribution in [0.3, 0.4) is 0 Å². The van der Waals surface area contributed by atoms with Crippen LogP contribution in [-0.4, -0.2) is 92.1 Å². The zero-order chi connectivity index (χ0) is 22.1. The van der Waals surface area contributed by atoms with Crippen molar-refractivity contribution in [3.8, 4) is 5.75 Å². The van der Waals surface area contributed by atoms with Gasteiger partial charge in [-0.15, -0.1) is 24.0 Å². The molecule has 2 fully saturated rings. The maximum atomic E-state index is 12.7. The zero-order valence-corrected chi connectivity index (χ0v) is 22.2. The number of aryl methyl sites for hydroxylation is 1. The number of carbonyl (C=O) groups excluding carboxylic acids is 1. The highest BCUT2D eigenvalue weighted by atomic mass is 127. The summed E-state index contributed by atoms with van der Waals surface area (Å²) < 4.78 is 5.31. The van der Waals surface area contributed by atoms with Crippen LogP contribution in [0.1, 0.15) is 38.7 Å². The standard InChI is InChI=1S/C24H39N5O2.HI/c1-4-25-24(26-12-8-10-21-9-7-11-22(19-21)31-3)29-17-15-27(16-18-29)20(2)23(30)28-13-5-6-14-28;/h7,9,11,19-20H,4-6,8,10,12-18H2,1-3H3,(H,25,26);1H. The first-order chi connectivity index (χ1) is 15.1. The van der Waals surface area contributed by atoms with Crippen molar-refractivity contribution in [2.75, 3.05) is 59.5 Å². The third-order valence-corrected chi connectivity index (χ3v) is 6.29. The highest BCUT2D eigenvalue weighted by Crippen LogP contribution is 2.15. The van der Waals surface area contributed by atoms with Gasteiger partial charge in [0.1, 0.15) is 5.75 Å². The fraction of sp³-hybridized carbons (Fsp3) is 0.667. The summed E-state index contributed by atoms with van der Waals surface area (Å²) in [5, 5.41) is 3.44. The average molecular weight is 558 g/mol. The Morgan fingerprint density at radius 1 is 1.12 bits per heavy atom. The fourth-order valence-corrected chi connectivity index (χ4v) is 4.40. The monoisotopic (exact) mass is 557 g/mol. The van der Waals surface area contributed by atoms with Gasteiger partial charge in [0.2, 0.25) is 5.91 Å². The molecule has 3 rings (SSSR count). The number of halogens is 1. The number of nitrogens with zero attached hydrogens (tertiary/aromatic N) is 4. The number of amides is 1. The number of carbonyl (C=O) groups is 1. The smallest absolute Gasteiger partial charge is 0.239 e. The van der Waals surface area contributed by atoms with Crippen LogP contribution in [0.2, 0.25) is 0 Å². The molecule has 1 aromatic rings. The first-order valence-electron chi connectivity index (χ1n) is 11.8. The molecule has 2 aliphatic heterocycles. The minimum atomic E-state index is -0.0253. The van der Waals surface area contributed by atoms with E-state index < -0.39 is 0 Å². The average Bonchev–Trinajstić information content (AvgIpc) is 3.35. The Morgan fingerprint density at radius 2 is 1.84 bits per heavy atom. The Kier molecular flexibility index (Phi) is 11.6. The van der Waals surface area contributed by atoms with Crippen LogP contribution in [-0.2, 0) is 11.2 Å². The van der Waals surface area contributed by atoms with Gasteiger partial charge in [0.25, 0.3) is 0 Å². The van der Waals surface area contributed by atoms with Crippen molar-refractivity contribution >= 4 is 35.8 Å². The number of likely N-dealkylation sites (tertiary alicyclic amines) is 1. The van der Waals surface area contributed by atoms with Crippen LogP contribution in [0.4, 0.5) is 0 Å². The molecule has 7 nitrogen and oxygen atoms in total. The second-order valence-electron chi connectivity index (χ2n) is 8.42. The molecule has 0 aliphatic carbocycles. The molecule has 2 heterocycles. The highest BCUT2D eigenvalue weighted by molar-refractivity contribution is 14.0.